The van der Waals surface area contributed by atoms with Crippen molar-refractivity contribution in [1.82, 2.24) is 4.90 Å². The molecule has 0 N–H and O–H groups in total. The van der Waals surface area contributed by atoms with Crippen LogP contribution in [0.2, 0.25) is 0 Å². The molecule has 1 atom stereocenters. The van der Waals surface area contributed by atoms with E-state index in [1.165, 1.54) is 5.56 Å². The van der Waals surface area contributed by atoms with Gasteiger partial charge in [-0.2, -0.15) is 0 Å². The highest BCUT2D eigenvalue weighted by atomic mass is 32.2. The van der Waals surface area contributed by atoms with Crippen molar-refractivity contribution < 1.29 is 19.1 Å². The third kappa shape index (κ3) is 6.26. The lowest BCUT2D eigenvalue weighted by atomic mass is 10.1. The third-order valence-electron chi connectivity index (χ3n) is 5.15. The molecule has 0 aromatic heterocycles. The van der Waals surface area contributed by atoms with Crippen molar-refractivity contribution in [3.05, 3.63) is 59.2 Å². The van der Waals surface area contributed by atoms with Crippen LogP contribution in [0.15, 0.2) is 42.5 Å². The average Bonchev–Trinajstić information content (AvgIpc) is 2.70. The number of esters is 1. The van der Waals surface area contributed by atoms with E-state index >= 15 is 0 Å². The van der Waals surface area contributed by atoms with E-state index in [0.29, 0.717) is 13.1 Å². The zero-order chi connectivity index (χ0) is 22.6. The number of ether oxygens (including phenoxy) is 2. The van der Waals surface area contributed by atoms with Gasteiger partial charge >= 0.3 is 5.97 Å². The lowest BCUT2D eigenvalue weighted by Gasteiger charge is -2.32. The highest BCUT2D eigenvalue weighted by Gasteiger charge is 2.31. The largest absolute Gasteiger partial charge is 0.460 e. The number of rotatable bonds is 6. The van der Waals surface area contributed by atoms with E-state index in [2.05, 4.69) is 13.0 Å². The lowest BCUT2D eigenvalue weighted by Crippen LogP contribution is -2.41. The van der Waals surface area contributed by atoms with Crippen LogP contribution in [0.5, 0.6) is 11.5 Å². The predicted molar refractivity (Wildman–Crippen MR) is 125 cm³/mol. The summed E-state index contributed by atoms with van der Waals surface area (Å²) >= 11 is 1.64. The van der Waals surface area contributed by atoms with Crippen LogP contribution in [0.1, 0.15) is 49.1 Å². The number of benzene rings is 2. The van der Waals surface area contributed by atoms with Gasteiger partial charge in [-0.25, -0.2) is 0 Å². The van der Waals surface area contributed by atoms with Gasteiger partial charge in [-0.05, 0) is 69.5 Å². The van der Waals surface area contributed by atoms with E-state index in [1.807, 2.05) is 64.1 Å². The minimum absolute atomic E-state index is 0.0444. The zero-order valence-corrected chi connectivity index (χ0v) is 19.8. The van der Waals surface area contributed by atoms with Gasteiger partial charge in [0.15, 0.2) is 0 Å². The second-order valence-electron chi connectivity index (χ2n) is 8.78. The molecule has 1 saturated heterocycles. The number of amides is 1. The van der Waals surface area contributed by atoms with E-state index in [4.69, 9.17) is 9.47 Å². The number of nitrogens with zero attached hydrogens (tertiary/aromatic N) is 1. The van der Waals surface area contributed by atoms with Crippen molar-refractivity contribution >= 4 is 23.6 Å². The molecular weight excluding hydrogens is 410 g/mol. The second-order valence-corrected chi connectivity index (χ2v) is 9.99. The first-order chi connectivity index (χ1) is 14.6. The summed E-state index contributed by atoms with van der Waals surface area (Å²) < 4.78 is 11.4. The molecule has 1 heterocycles. The molecule has 6 heteroatoms. The van der Waals surface area contributed by atoms with E-state index in [1.54, 1.807) is 16.7 Å². The number of carbonyl (C=O) groups excluding carboxylic acids is 2. The van der Waals surface area contributed by atoms with Gasteiger partial charge in [-0.3, -0.25) is 9.59 Å². The molecule has 166 valence electrons. The van der Waals surface area contributed by atoms with Crippen LogP contribution in [0.25, 0.3) is 0 Å². The number of aryl methyl sites for hydroxylation is 1. The molecule has 0 radical (unpaired) electrons. The molecule has 1 aliphatic heterocycles. The van der Waals surface area contributed by atoms with Gasteiger partial charge in [-0.1, -0.05) is 24.3 Å². The fourth-order valence-corrected chi connectivity index (χ4v) is 4.58. The molecule has 1 fully saturated rings. The van der Waals surface area contributed by atoms with Crippen LogP contribution in [0.4, 0.5) is 0 Å². The summed E-state index contributed by atoms with van der Waals surface area (Å²) in [7, 11) is 0. The zero-order valence-electron chi connectivity index (χ0n) is 18.9. The molecule has 0 bridgehead atoms. The quantitative estimate of drug-likeness (QED) is 0.559. The average molecular weight is 442 g/mol. The summed E-state index contributed by atoms with van der Waals surface area (Å²) in [5.74, 6) is 2.19. The number of hydrogen-bond acceptors (Lipinski definition) is 5. The predicted octanol–water partition coefficient (Wildman–Crippen LogP) is 5.44. The second kappa shape index (κ2) is 9.77. The van der Waals surface area contributed by atoms with Crippen LogP contribution in [0.3, 0.4) is 0 Å². The first-order valence-corrected chi connectivity index (χ1v) is 11.7. The summed E-state index contributed by atoms with van der Waals surface area (Å²) in [5.41, 5.74) is 2.74. The van der Waals surface area contributed by atoms with Crippen molar-refractivity contribution in [2.75, 3.05) is 18.8 Å². The number of thioether (sulfide) groups is 1. The van der Waals surface area contributed by atoms with Gasteiger partial charge in [0.05, 0.1) is 6.42 Å². The Hall–Kier alpha value is -2.47. The fourth-order valence-electron chi connectivity index (χ4n) is 3.38. The molecule has 3 rings (SSSR count). The summed E-state index contributed by atoms with van der Waals surface area (Å²) in [5, 5.41) is -0.262. The molecule has 2 aromatic rings. The van der Waals surface area contributed by atoms with E-state index in [-0.39, 0.29) is 23.5 Å². The van der Waals surface area contributed by atoms with E-state index in [9.17, 15) is 9.59 Å². The Morgan fingerprint density at radius 3 is 2.52 bits per heavy atom. The Kier molecular flexibility index (Phi) is 7.31. The molecule has 5 nitrogen and oxygen atoms in total. The number of carbonyl (C=O) groups is 2. The van der Waals surface area contributed by atoms with Crippen molar-refractivity contribution in [1.29, 1.82) is 0 Å². The molecule has 0 saturated carbocycles. The lowest BCUT2D eigenvalue weighted by molar-refractivity contribution is -0.155. The van der Waals surface area contributed by atoms with Crippen molar-refractivity contribution in [3.8, 4) is 11.5 Å². The Morgan fingerprint density at radius 2 is 1.84 bits per heavy atom. The Morgan fingerprint density at radius 1 is 1.13 bits per heavy atom. The topological polar surface area (TPSA) is 55.8 Å². The van der Waals surface area contributed by atoms with Crippen molar-refractivity contribution in [2.45, 2.75) is 51.9 Å². The molecular formula is C25H31NO4S. The summed E-state index contributed by atoms with van der Waals surface area (Å²) in [6, 6.07) is 13.7. The van der Waals surface area contributed by atoms with Crippen molar-refractivity contribution in [3.63, 3.8) is 0 Å². The smallest absolute Gasteiger partial charge is 0.308 e. The maximum Gasteiger partial charge on any atom is 0.308 e. The molecule has 31 heavy (non-hydrogen) atoms. The van der Waals surface area contributed by atoms with Gasteiger partial charge in [0.25, 0.3) is 0 Å². The van der Waals surface area contributed by atoms with Crippen LogP contribution >= 0.6 is 11.8 Å². The Balaban J connectivity index is 1.62. The first kappa shape index (κ1) is 23.2. The SMILES string of the molecule is Cc1cccc(Oc2ccc(C3SCCN(CCC(=O)OC(C)(C)C)C3=O)cc2)c1C. The maximum atomic E-state index is 13.0. The van der Waals surface area contributed by atoms with Crippen LogP contribution in [-0.2, 0) is 14.3 Å². The van der Waals surface area contributed by atoms with Gasteiger partial charge < -0.3 is 14.4 Å². The molecule has 1 aliphatic rings. The molecule has 2 aromatic carbocycles. The third-order valence-corrected chi connectivity index (χ3v) is 6.38. The summed E-state index contributed by atoms with van der Waals surface area (Å²) in [6.45, 7) is 10.7. The normalized spacial score (nSPS) is 16.9. The molecule has 0 spiro atoms. The van der Waals surface area contributed by atoms with Gasteiger partial charge in [0.1, 0.15) is 22.4 Å². The summed E-state index contributed by atoms with van der Waals surface area (Å²) in [4.78, 5) is 26.8. The van der Waals surface area contributed by atoms with Crippen LogP contribution < -0.4 is 4.74 Å². The monoisotopic (exact) mass is 441 g/mol. The highest BCUT2D eigenvalue weighted by Crippen LogP contribution is 2.36. The standard InChI is InChI=1S/C25H31NO4S/c1-17-7-6-8-21(18(17)2)29-20-11-9-19(10-12-20)23-24(28)26(15-16-31-23)14-13-22(27)30-25(3,4)5/h6-12,23H,13-16H2,1-5H3. The Labute approximate surface area is 189 Å². The fraction of sp³-hybridized carbons (Fsp3) is 0.440. The first-order valence-electron chi connectivity index (χ1n) is 10.6. The molecule has 1 unspecified atom stereocenters. The van der Waals surface area contributed by atoms with Gasteiger partial charge in [0.2, 0.25) is 5.91 Å². The number of hydrogen-bond donors (Lipinski definition) is 0. The minimum Gasteiger partial charge on any atom is -0.460 e. The van der Waals surface area contributed by atoms with Crippen LogP contribution in [0, 0.1) is 13.8 Å². The highest BCUT2D eigenvalue weighted by molar-refractivity contribution is 8.00. The Bertz CT molecular complexity index is 934. The van der Waals surface area contributed by atoms with Crippen LogP contribution in [-0.4, -0.2) is 41.2 Å². The molecule has 0 aliphatic carbocycles. The maximum absolute atomic E-state index is 13.0. The molecule has 1 amide bonds. The van der Waals surface area contributed by atoms with Gasteiger partial charge in [-0.15, -0.1) is 11.8 Å². The van der Waals surface area contributed by atoms with Crippen molar-refractivity contribution in [2.24, 2.45) is 0 Å². The van der Waals surface area contributed by atoms with E-state index in [0.717, 1.165) is 28.4 Å². The minimum atomic E-state index is -0.512. The summed E-state index contributed by atoms with van der Waals surface area (Å²) in [6.07, 6.45) is 0.211. The van der Waals surface area contributed by atoms with E-state index < -0.39 is 5.60 Å². The van der Waals surface area contributed by atoms with Gasteiger partial charge in [0, 0.05) is 18.8 Å².